The number of carbonyl (C=O) groups is 3. The Bertz CT molecular complexity index is 1530. The first-order valence-corrected chi connectivity index (χ1v) is 11.2. The van der Waals surface area contributed by atoms with Gasteiger partial charge in [0.05, 0.1) is 11.3 Å². The monoisotopic (exact) mass is 508 g/mol. The molecule has 0 aliphatic carbocycles. The fourth-order valence-corrected chi connectivity index (χ4v) is 4.36. The molecule has 0 unspecified atom stereocenters. The van der Waals surface area contributed by atoms with Crippen LogP contribution in [0.25, 0.3) is 10.8 Å². The molecule has 1 aliphatic heterocycles. The van der Waals surface area contributed by atoms with Crippen molar-refractivity contribution < 1.29 is 27.6 Å². The number of nitrogens with zero attached hydrogens (tertiary/aromatic N) is 1. The fourth-order valence-electron chi connectivity index (χ4n) is 4.23. The van der Waals surface area contributed by atoms with Gasteiger partial charge in [-0.05, 0) is 59.5 Å². The Balaban J connectivity index is 1.52. The second kappa shape index (κ2) is 8.80. The third kappa shape index (κ3) is 4.09. The van der Waals surface area contributed by atoms with Gasteiger partial charge < -0.3 is 5.32 Å². The van der Waals surface area contributed by atoms with Crippen LogP contribution in [0.15, 0.2) is 78.9 Å². The molecule has 36 heavy (non-hydrogen) atoms. The predicted molar refractivity (Wildman–Crippen MR) is 129 cm³/mol. The van der Waals surface area contributed by atoms with Gasteiger partial charge in [0, 0.05) is 33.6 Å². The van der Waals surface area contributed by atoms with E-state index < -0.39 is 29.5 Å². The Morgan fingerprint density at radius 3 is 2.22 bits per heavy atom. The van der Waals surface area contributed by atoms with E-state index in [0.717, 1.165) is 28.7 Å². The highest BCUT2D eigenvalue weighted by molar-refractivity contribution is 6.36. The van der Waals surface area contributed by atoms with Gasteiger partial charge in [-0.1, -0.05) is 41.9 Å². The Morgan fingerprint density at radius 2 is 1.53 bits per heavy atom. The average molecular weight is 509 g/mol. The molecule has 1 aliphatic rings. The zero-order chi connectivity index (χ0) is 25.6. The summed E-state index contributed by atoms with van der Waals surface area (Å²) in [6, 6.07) is 18.6. The van der Waals surface area contributed by atoms with Crippen LogP contribution in [0.3, 0.4) is 0 Å². The summed E-state index contributed by atoms with van der Waals surface area (Å²) in [4.78, 5) is 40.3. The van der Waals surface area contributed by atoms with Gasteiger partial charge in [-0.3, -0.25) is 14.4 Å². The Hall–Kier alpha value is -4.17. The lowest BCUT2D eigenvalue weighted by atomic mass is 9.90. The van der Waals surface area contributed by atoms with Crippen LogP contribution in [0, 0.1) is 0 Å². The van der Waals surface area contributed by atoms with Gasteiger partial charge in [0.15, 0.2) is 0 Å². The second-order valence-electron chi connectivity index (χ2n) is 8.19. The van der Waals surface area contributed by atoms with Crippen molar-refractivity contribution >= 4 is 45.8 Å². The standard InChI is InChI=1S/C27H16ClF3N2O3/c28-17-9-7-15(8-10-17)14-32-24(34)20-11-12-22-23-19(20)5-2-6-21(23)25(35)33(26(22)36)18-4-1-3-16(13-18)27(29,30)31/h1-13H,14H2,(H,32,34). The SMILES string of the molecule is O=C(NCc1ccc(Cl)cc1)c1ccc2c3c(cccc13)C(=O)N(c1cccc(C(F)(F)F)c1)C2=O. The van der Waals surface area contributed by atoms with Crippen molar-refractivity contribution in [3.05, 3.63) is 112 Å². The van der Waals surface area contributed by atoms with Crippen LogP contribution in [0.5, 0.6) is 0 Å². The van der Waals surface area contributed by atoms with Gasteiger partial charge in [-0.25, -0.2) is 4.90 Å². The third-order valence-corrected chi connectivity index (χ3v) is 6.20. The minimum atomic E-state index is -4.63. The molecule has 3 amide bonds. The molecule has 4 aromatic rings. The molecule has 4 aromatic carbocycles. The number of rotatable bonds is 4. The van der Waals surface area contributed by atoms with Crippen molar-refractivity contribution in [1.29, 1.82) is 0 Å². The minimum absolute atomic E-state index is 0.117. The van der Waals surface area contributed by atoms with E-state index in [0.29, 0.717) is 10.4 Å². The molecule has 0 radical (unpaired) electrons. The van der Waals surface area contributed by atoms with Crippen LogP contribution in [-0.4, -0.2) is 17.7 Å². The molecule has 180 valence electrons. The summed E-state index contributed by atoms with van der Waals surface area (Å²) in [5.41, 5.74) is 0.165. The van der Waals surface area contributed by atoms with E-state index in [1.54, 1.807) is 36.4 Å². The van der Waals surface area contributed by atoms with Crippen molar-refractivity contribution in [2.75, 3.05) is 4.90 Å². The molecule has 1 heterocycles. The lowest BCUT2D eigenvalue weighted by Crippen LogP contribution is -2.40. The van der Waals surface area contributed by atoms with Crippen molar-refractivity contribution in [2.45, 2.75) is 12.7 Å². The molecular weight excluding hydrogens is 493 g/mol. The predicted octanol–water partition coefficient (Wildman–Crippen LogP) is 6.24. The highest BCUT2D eigenvalue weighted by Crippen LogP contribution is 2.37. The number of nitrogens with one attached hydrogen (secondary N) is 1. The molecular formula is C27H16ClF3N2O3. The summed E-state index contributed by atoms with van der Waals surface area (Å²) in [5.74, 6) is -1.94. The highest BCUT2D eigenvalue weighted by atomic mass is 35.5. The van der Waals surface area contributed by atoms with Crippen LogP contribution >= 0.6 is 11.6 Å². The van der Waals surface area contributed by atoms with Crippen LogP contribution < -0.4 is 10.2 Å². The molecule has 0 bridgehead atoms. The van der Waals surface area contributed by atoms with Gasteiger partial charge >= 0.3 is 6.18 Å². The summed E-state index contributed by atoms with van der Waals surface area (Å²) in [6.45, 7) is 0.236. The van der Waals surface area contributed by atoms with E-state index in [1.165, 1.54) is 24.3 Å². The number of hydrogen-bond acceptors (Lipinski definition) is 3. The Morgan fingerprint density at radius 1 is 0.861 bits per heavy atom. The van der Waals surface area contributed by atoms with E-state index in [4.69, 9.17) is 11.6 Å². The average Bonchev–Trinajstić information content (AvgIpc) is 2.86. The third-order valence-electron chi connectivity index (χ3n) is 5.95. The Labute approximate surface area is 208 Å². The van der Waals surface area contributed by atoms with Gasteiger partial charge in [0.25, 0.3) is 17.7 Å². The molecule has 0 spiro atoms. The molecule has 9 heteroatoms. The van der Waals surface area contributed by atoms with Crippen LogP contribution in [0.2, 0.25) is 5.02 Å². The molecule has 0 saturated heterocycles. The van der Waals surface area contributed by atoms with Crippen LogP contribution in [0.1, 0.15) is 42.2 Å². The van der Waals surface area contributed by atoms with Crippen LogP contribution in [0.4, 0.5) is 18.9 Å². The molecule has 5 rings (SSSR count). The zero-order valence-corrected chi connectivity index (χ0v) is 19.2. The number of alkyl halides is 3. The number of amides is 3. The summed E-state index contributed by atoms with van der Waals surface area (Å²) < 4.78 is 39.7. The zero-order valence-electron chi connectivity index (χ0n) is 18.4. The van der Waals surface area contributed by atoms with Crippen molar-refractivity contribution in [2.24, 2.45) is 0 Å². The largest absolute Gasteiger partial charge is 0.416 e. The number of halogens is 4. The van der Waals surface area contributed by atoms with Crippen molar-refractivity contribution in [3.8, 4) is 0 Å². The van der Waals surface area contributed by atoms with E-state index in [2.05, 4.69) is 5.32 Å². The first-order valence-electron chi connectivity index (χ1n) is 10.8. The van der Waals surface area contributed by atoms with Gasteiger partial charge in [0.1, 0.15) is 0 Å². The molecule has 1 N–H and O–H groups in total. The van der Waals surface area contributed by atoms with E-state index in [9.17, 15) is 27.6 Å². The summed E-state index contributed by atoms with van der Waals surface area (Å²) in [6.07, 6.45) is -4.63. The fraction of sp³-hybridized carbons (Fsp3) is 0.0741. The van der Waals surface area contributed by atoms with Crippen molar-refractivity contribution in [3.63, 3.8) is 0 Å². The summed E-state index contributed by atoms with van der Waals surface area (Å²) in [7, 11) is 0. The normalized spacial score (nSPS) is 13.3. The molecule has 0 saturated carbocycles. The maximum atomic E-state index is 13.3. The number of hydrogen-bond donors (Lipinski definition) is 1. The summed E-state index contributed by atoms with van der Waals surface area (Å²) in [5, 5.41) is 4.06. The van der Waals surface area contributed by atoms with Crippen molar-refractivity contribution in [1.82, 2.24) is 5.32 Å². The number of carbonyl (C=O) groups excluding carboxylic acids is 3. The van der Waals surface area contributed by atoms with E-state index in [-0.39, 0.29) is 34.3 Å². The smallest absolute Gasteiger partial charge is 0.348 e. The van der Waals surface area contributed by atoms with Gasteiger partial charge in [0.2, 0.25) is 0 Å². The lowest BCUT2D eigenvalue weighted by Gasteiger charge is -2.28. The van der Waals surface area contributed by atoms with E-state index in [1.807, 2.05) is 0 Å². The number of anilines is 1. The lowest BCUT2D eigenvalue weighted by molar-refractivity contribution is -0.137. The molecule has 5 nitrogen and oxygen atoms in total. The van der Waals surface area contributed by atoms with E-state index >= 15 is 0 Å². The minimum Gasteiger partial charge on any atom is -0.348 e. The maximum absolute atomic E-state index is 13.3. The quantitative estimate of drug-likeness (QED) is 0.332. The first kappa shape index (κ1) is 23.6. The molecule has 0 aromatic heterocycles. The molecule has 0 fully saturated rings. The summed E-state index contributed by atoms with van der Waals surface area (Å²) >= 11 is 5.89. The highest BCUT2D eigenvalue weighted by Gasteiger charge is 2.37. The molecule has 0 atom stereocenters. The maximum Gasteiger partial charge on any atom is 0.416 e. The first-order chi connectivity index (χ1) is 17.1. The number of benzene rings is 4. The Kier molecular flexibility index (Phi) is 5.76. The topological polar surface area (TPSA) is 66.5 Å². The van der Waals surface area contributed by atoms with Gasteiger partial charge in [-0.2, -0.15) is 13.2 Å². The second-order valence-corrected chi connectivity index (χ2v) is 8.63. The number of imide groups is 1. The van der Waals surface area contributed by atoms with Crippen LogP contribution in [-0.2, 0) is 12.7 Å². The van der Waals surface area contributed by atoms with Gasteiger partial charge in [-0.15, -0.1) is 0 Å².